The zero-order chi connectivity index (χ0) is 12.0. The third-order valence-corrected chi connectivity index (χ3v) is 2.87. The van der Waals surface area contributed by atoms with Gasteiger partial charge in [0.25, 0.3) is 0 Å². The fourth-order valence-electron chi connectivity index (χ4n) is 1.92. The van der Waals surface area contributed by atoms with E-state index >= 15 is 0 Å². The second-order valence-electron chi connectivity index (χ2n) is 4.73. The van der Waals surface area contributed by atoms with Crippen molar-refractivity contribution in [1.29, 1.82) is 0 Å². The van der Waals surface area contributed by atoms with Gasteiger partial charge in [0.15, 0.2) is 0 Å². The van der Waals surface area contributed by atoms with Crippen LogP contribution in [0.1, 0.15) is 32.3 Å². The van der Waals surface area contributed by atoms with Gasteiger partial charge >= 0.3 is 0 Å². The van der Waals surface area contributed by atoms with Crippen molar-refractivity contribution in [2.24, 2.45) is 0 Å². The zero-order valence-corrected chi connectivity index (χ0v) is 10.6. The van der Waals surface area contributed by atoms with Crippen molar-refractivity contribution in [2.75, 3.05) is 20.1 Å². The van der Waals surface area contributed by atoms with Crippen molar-refractivity contribution < 1.29 is 5.11 Å². The molecule has 0 spiro atoms. The fourth-order valence-corrected chi connectivity index (χ4v) is 1.92. The number of aliphatic hydroxyl groups is 1. The van der Waals surface area contributed by atoms with Crippen molar-refractivity contribution in [1.82, 2.24) is 4.90 Å². The van der Waals surface area contributed by atoms with Crippen molar-refractivity contribution in [2.45, 2.75) is 32.3 Å². The molecule has 0 aromatic heterocycles. The van der Waals surface area contributed by atoms with Crippen molar-refractivity contribution in [3.05, 3.63) is 35.9 Å². The molecule has 1 rings (SSSR count). The molecule has 1 N–H and O–H groups in total. The minimum atomic E-state index is -0.760. The van der Waals surface area contributed by atoms with E-state index in [4.69, 9.17) is 0 Å². The van der Waals surface area contributed by atoms with E-state index in [2.05, 4.69) is 18.9 Å². The van der Waals surface area contributed by atoms with E-state index in [0.29, 0.717) is 6.54 Å². The van der Waals surface area contributed by atoms with Gasteiger partial charge in [0.1, 0.15) is 0 Å². The first-order valence-corrected chi connectivity index (χ1v) is 6.02. The van der Waals surface area contributed by atoms with Crippen LogP contribution in [0.3, 0.4) is 0 Å². The van der Waals surface area contributed by atoms with E-state index in [-0.39, 0.29) is 0 Å². The Hall–Kier alpha value is -0.860. The highest BCUT2D eigenvalue weighted by atomic mass is 16.3. The molecule has 1 aromatic rings. The lowest BCUT2D eigenvalue weighted by Gasteiger charge is -2.29. The highest BCUT2D eigenvalue weighted by molar-refractivity contribution is 5.21. The number of rotatable bonds is 6. The summed E-state index contributed by atoms with van der Waals surface area (Å²) in [4.78, 5) is 2.19. The minimum Gasteiger partial charge on any atom is -0.384 e. The van der Waals surface area contributed by atoms with Crippen molar-refractivity contribution >= 4 is 0 Å². The van der Waals surface area contributed by atoms with Crippen LogP contribution in [0.15, 0.2) is 30.3 Å². The summed E-state index contributed by atoms with van der Waals surface area (Å²) < 4.78 is 0. The zero-order valence-electron chi connectivity index (χ0n) is 10.6. The number of unbranched alkanes of at least 4 members (excludes halogenated alkanes) is 1. The molecule has 1 atom stereocenters. The molecule has 16 heavy (non-hydrogen) atoms. The maximum atomic E-state index is 10.4. The summed E-state index contributed by atoms with van der Waals surface area (Å²) in [6.45, 7) is 5.78. The molecule has 0 saturated heterocycles. The Kier molecular flexibility index (Phi) is 4.97. The van der Waals surface area contributed by atoms with Crippen LogP contribution in [0, 0.1) is 0 Å². The molecular formula is C14H23NO. The van der Waals surface area contributed by atoms with Crippen LogP contribution >= 0.6 is 0 Å². The lowest BCUT2D eigenvalue weighted by molar-refractivity contribution is 0.0231. The van der Waals surface area contributed by atoms with E-state index in [1.165, 1.54) is 12.8 Å². The van der Waals surface area contributed by atoms with E-state index in [0.717, 1.165) is 12.1 Å². The number of nitrogens with zero attached hydrogens (tertiary/aromatic N) is 1. The lowest BCUT2D eigenvalue weighted by atomic mass is 9.95. The first-order valence-electron chi connectivity index (χ1n) is 6.02. The first kappa shape index (κ1) is 13.2. The molecular weight excluding hydrogens is 198 g/mol. The molecule has 0 amide bonds. The molecule has 2 nitrogen and oxygen atoms in total. The van der Waals surface area contributed by atoms with Gasteiger partial charge in [-0.05, 0) is 32.5 Å². The van der Waals surface area contributed by atoms with Crippen LogP contribution in [0.2, 0.25) is 0 Å². The molecule has 1 aromatic carbocycles. The standard InChI is InChI=1S/C14H23NO/c1-4-5-11-15(3)12-14(2,16)13-9-7-6-8-10-13/h6-10,16H,4-5,11-12H2,1-3H3. The SMILES string of the molecule is CCCCN(C)CC(C)(O)c1ccccc1. The molecule has 0 aliphatic carbocycles. The molecule has 0 aliphatic rings. The van der Waals surface area contributed by atoms with Gasteiger partial charge in [-0.3, -0.25) is 0 Å². The Labute approximate surface area is 98.9 Å². The Morgan fingerprint density at radius 3 is 2.44 bits per heavy atom. The van der Waals surface area contributed by atoms with Gasteiger partial charge in [0.2, 0.25) is 0 Å². The van der Waals surface area contributed by atoms with Gasteiger partial charge in [-0.2, -0.15) is 0 Å². The number of likely N-dealkylation sites (N-methyl/N-ethyl adjacent to an activating group) is 1. The monoisotopic (exact) mass is 221 g/mol. The average Bonchev–Trinajstić information content (AvgIpc) is 2.27. The van der Waals surface area contributed by atoms with E-state index in [1.54, 1.807) is 0 Å². The van der Waals surface area contributed by atoms with Gasteiger partial charge < -0.3 is 10.0 Å². The highest BCUT2D eigenvalue weighted by Crippen LogP contribution is 2.21. The highest BCUT2D eigenvalue weighted by Gasteiger charge is 2.24. The lowest BCUT2D eigenvalue weighted by Crippen LogP contribution is -2.37. The Balaban J connectivity index is 2.58. The molecule has 0 saturated carbocycles. The third kappa shape index (κ3) is 3.95. The number of benzene rings is 1. The van der Waals surface area contributed by atoms with Crippen molar-refractivity contribution in [3.63, 3.8) is 0 Å². The van der Waals surface area contributed by atoms with E-state index in [1.807, 2.05) is 37.3 Å². The van der Waals surface area contributed by atoms with Crippen LogP contribution in [0.4, 0.5) is 0 Å². The molecule has 2 heteroatoms. The maximum absolute atomic E-state index is 10.4. The molecule has 0 radical (unpaired) electrons. The Morgan fingerprint density at radius 1 is 1.25 bits per heavy atom. The molecule has 0 heterocycles. The van der Waals surface area contributed by atoms with Crippen LogP contribution < -0.4 is 0 Å². The van der Waals surface area contributed by atoms with Crippen LogP contribution in [-0.2, 0) is 5.60 Å². The van der Waals surface area contributed by atoms with E-state index in [9.17, 15) is 5.11 Å². The normalized spacial score (nSPS) is 15.1. The summed E-state index contributed by atoms with van der Waals surface area (Å²) in [7, 11) is 2.06. The summed E-state index contributed by atoms with van der Waals surface area (Å²) in [5.41, 5.74) is 0.224. The summed E-state index contributed by atoms with van der Waals surface area (Å²) in [5.74, 6) is 0. The predicted octanol–water partition coefficient (Wildman–Crippen LogP) is 2.63. The van der Waals surface area contributed by atoms with E-state index < -0.39 is 5.60 Å². The second kappa shape index (κ2) is 6.02. The first-order chi connectivity index (χ1) is 7.56. The van der Waals surface area contributed by atoms with Crippen molar-refractivity contribution in [3.8, 4) is 0 Å². The van der Waals surface area contributed by atoms with Gasteiger partial charge in [-0.25, -0.2) is 0 Å². The quantitative estimate of drug-likeness (QED) is 0.798. The molecule has 0 bridgehead atoms. The van der Waals surface area contributed by atoms with Gasteiger partial charge in [0.05, 0.1) is 5.60 Å². The average molecular weight is 221 g/mol. The summed E-state index contributed by atoms with van der Waals surface area (Å²) >= 11 is 0. The summed E-state index contributed by atoms with van der Waals surface area (Å²) in [5, 5.41) is 10.4. The summed E-state index contributed by atoms with van der Waals surface area (Å²) in [6, 6.07) is 9.87. The Morgan fingerprint density at radius 2 is 1.88 bits per heavy atom. The summed E-state index contributed by atoms with van der Waals surface area (Å²) in [6.07, 6.45) is 2.37. The van der Waals surface area contributed by atoms with Gasteiger partial charge in [-0.15, -0.1) is 0 Å². The Bertz CT molecular complexity index is 295. The molecule has 1 unspecified atom stereocenters. The number of hydrogen-bond donors (Lipinski definition) is 1. The number of hydrogen-bond acceptors (Lipinski definition) is 2. The fraction of sp³-hybridized carbons (Fsp3) is 0.571. The van der Waals surface area contributed by atoms with Gasteiger partial charge in [0, 0.05) is 6.54 Å². The molecule has 0 fully saturated rings. The maximum Gasteiger partial charge on any atom is 0.0994 e. The molecule has 0 aliphatic heterocycles. The smallest absolute Gasteiger partial charge is 0.0994 e. The second-order valence-corrected chi connectivity index (χ2v) is 4.73. The largest absolute Gasteiger partial charge is 0.384 e. The minimum absolute atomic E-state index is 0.678. The molecule has 90 valence electrons. The topological polar surface area (TPSA) is 23.5 Å². The van der Waals surface area contributed by atoms with Crippen LogP contribution in [-0.4, -0.2) is 30.1 Å². The third-order valence-electron chi connectivity index (χ3n) is 2.87. The van der Waals surface area contributed by atoms with Crippen LogP contribution in [0.5, 0.6) is 0 Å². The van der Waals surface area contributed by atoms with Gasteiger partial charge in [-0.1, -0.05) is 43.7 Å². The predicted molar refractivity (Wildman–Crippen MR) is 68.4 cm³/mol. The van der Waals surface area contributed by atoms with Crippen LogP contribution in [0.25, 0.3) is 0 Å².